The molecule has 0 amide bonds. The Hall–Kier alpha value is -4.44. The minimum absolute atomic E-state index is 0.0126. The molecule has 0 N–H and O–H groups in total. The van der Waals surface area contributed by atoms with E-state index in [9.17, 15) is 0 Å². The van der Waals surface area contributed by atoms with Gasteiger partial charge in [-0.3, -0.25) is 0 Å². The number of rotatable bonds is 3. The number of para-hydroxylation sites is 4. The molecule has 8 aliphatic rings. The zero-order chi connectivity index (χ0) is 38.8. The van der Waals surface area contributed by atoms with Gasteiger partial charge < -0.3 is 14.7 Å². The molecular formula is C54H58BN3. The smallest absolute Gasteiger partial charge is 0.252 e. The third-order valence-corrected chi connectivity index (χ3v) is 19.0. The van der Waals surface area contributed by atoms with Crippen LogP contribution in [-0.2, 0) is 10.8 Å². The molecule has 292 valence electrons. The van der Waals surface area contributed by atoms with E-state index in [-0.39, 0.29) is 28.6 Å². The maximum absolute atomic E-state index is 3.03. The number of anilines is 7. The first-order valence-electron chi connectivity index (χ1n) is 23.2. The van der Waals surface area contributed by atoms with Crippen molar-refractivity contribution in [2.24, 2.45) is 23.7 Å². The Morgan fingerprint density at radius 3 is 1.41 bits per heavy atom. The predicted molar refractivity (Wildman–Crippen MR) is 244 cm³/mol. The number of nitrogens with zero attached hydrogens (tertiary/aromatic N) is 3. The van der Waals surface area contributed by atoms with E-state index in [4.69, 9.17) is 0 Å². The summed E-state index contributed by atoms with van der Waals surface area (Å²) in [6.45, 7) is 11.1. The molecule has 4 heterocycles. The molecule has 5 aromatic rings. The quantitative estimate of drug-likeness (QED) is 0.170. The third-order valence-electron chi connectivity index (χ3n) is 19.0. The summed E-state index contributed by atoms with van der Waals surface area (Å²) in [6.07, 6.45) is 16.3. The summed E-state index contributed by atoms with van der Waals surface area (Å²) in [7, 11) is 0. The van der Waals surface area contributed by atoms with Crippen LogP contribution in [0, 0.1) is 23.7 Å². The van der Waals surface area contributed by atoms with Crippen LogP contribution in [-0.4, -0.2) is 17.8 Å². The van der Waals surface area contributed by atoms with Gasteiger partial charge >= 0.3 is 0 Å². The highest BCUT2D eigenvalue weighted by Crippen LogP contribution is 2.69. The Morgan fingerprint density at radius 2 is 0.948 bits per heavy atom. The minimum Gasteiger partial charge on any atom is -0.335 e. The third kappa shape index (κ3) is 3.91. The average molecular weight is 760 g/mol. The Labute approximate surface area is 346 Å². The van der Waals surface area contributed by atoms with Gasteiger partial charge in [0.25, 0.3) is 6.71 Å². The van der Waals surface area contributed by atoms with Crippen molar-refractivity contribution in [3.8, 4) is 0 Å². The molecule has 58 heavy (non-hydrogen) atoms. The first-order valence-corrected chi connectivity index (χ1v) is 23.2. The number of hydrogen-bond acceptors (Lipinski definition) is 3. The van der Waals surface area contributed by atoms with Gasteiger partial charge in [0.15, 0.2) is 0 Å². The molecule has 0 aromatic heterocycles. The topological polar surface area (TPSA) is 9.72 Å². The molecule has 0 spiro atoms. The Kier molecular flexibility index (Phi) is 6.91. The molecule has 0 saturated heterocycles. The molecule has 8 unspecified atom stereocenters. The predicted octanol–water partition coefficient (Wildman–Crippen LogP) is 11.8. The molecule has 4 heteroatoms. The summed E-state index contributed by atoms with van der Waals surface area (Å²) in [5.41, 5.74) is 17.8. The summed E-state index contributed by atoms with van der Waals surface area (Å²) in [6, 6.07) is 42.9. The van der Waals surface area contributed by atoms with Gasteiger partial charge in [-0.1, -0.05) is 125 Å². The highest BCUT2D eigenvalue weighted by atomic mass is 15.3. The highest BCUT2D eigenvalue weighted by molar-refractivity contribution is 7.00. The SMILES string of the molecule is CC12CCC3CCCCC3C1(C)N1c3cc(N(c4ccccc4)c4ccccc4)cc4c3B(c3cccc2c31)c1cccc2c1N4C1(C)C3CCCCC3CCC21C. The monoisotopic (exact) mass is 759 g/mol. The molecule has 8 atom stereocenters. The van der Waals surface area contributed by atoms with Crippen LogP contribution in [0.5, 0.6) is 0 Å². The first-order chi connectivity index (χ1) is 28.3. The average Bonchev–Trinajstić information content (AvgIpc) is 3.62. The lowest BCUT2D eigenvalue weighted by Gasteiger charge is -2.61. The van der Waals surface area contributed by atoms with E-state index in [0.717, 1.165) is 11.8 Å². The second kappa shape index (κ2) is 11.6. The zero-order valence-electron chi connectivity index (χ0n) is 35.1. The van der Waals surface area contributed by atoms with Crippen LogP contribution in [0.4, 0.5) is 39.8 Å². The van der Waals surface area contributed by atoms with Crippen LogP contribution in [0.2, 0.25) is 0 Å². The lowest BCUT2D eigenvalue weighted by molar-refractivity contribution is 0.0334. The first kappa shape index (κ1) is 34.4. The summed E-state index contributed by atoms with van der Waals surface area (Å²) < 4.78 is 0. The fourth-order valence-electron chi connectivity index (χ4n) is 16.2. The summed E-state index contributed by atoms with van der Waals surface area (Å²) in [5, 5.41) is 0. The van der Waals surface area contributed by atoms with Gasteiger partial charge in [-0.05, 0) is 140 Å². The fraction of sp³-hybridized carbons (Fsp3) is 0.444. The van der Waals surface area contributed by atoms with E-state index in [0.29, 0.717) is 11.8 Å². The van der Waals surface area contributed by atoms with Gasteiger partial charge in [0.05, 0.1) is 16.8 Å². The molecular weight excluding hydrogens is 701 g/mol. The van der Waals surface area contributed by atoms with E-state index >= 15 is 0 Å². The normalized spacial score (nSPS) is 34.2. The molecule has 4 fully saturated rings. The molecule has 3 nitrogen and oxygen atoms in total. The summed E-state index contributed by atoms with van der Waals surface area (Å²) in [4.78, 5) is 8.63. The van der Waals surface area contributed by atoms with E-state index in [1.54, 1.807) is 38.9 Å². The Bertz CT molecular complexity index is 2350. The second-order valence-electron chi connectivity index (χ2n) is 20.8. The second-order valence-corrected chi connectivity index (χ2v) is 20.8. The number of fused-ring (bicyclic) bond motifs is 14. The molecule has 4 aliphatic carbocycles. The van der Waals surface area contributed by atoms with Gasteiger partial charge in [0.1, 0.15) is 0 Å². The summed E-state index contributed by atoms with van der Waals surface area (Å²) in [5.74, 6) is 2.95. The van der Waals surface area contributed by atoms with E-state index in [2.05, 4.69) is 152 Å². The van der Waals surface area contributed by atoms with Crippen LogP contribution in [0.15, 0.2) is 109 Å². The number of benzene rings is 5. The van der Waals surface area contributed by atoms with E-state index in [1.807, 2.05) is 0 Å². The molecule has 13 rings (SSSR count). The van der Waals surface area contributed by atoms with Gasteiger partial charge in [-0.25, -0.2) is 0 Å². The Balaban J connectivity index is 1.16. The zero-order valence-corrected chi connectivity index (χ0v) is 35.1. The van der Waals surface area contributed by atoms with Crippen LogP contribution >= 0.6 is 0 Å². The van der Waals surface area contributed by atoms with Crippen molar-refractivity contribution in [1.82, 2.24) is 0 Å². The lowest BCUT2D eigenvalue weighted by atomic mass is 9.33. The Morgan fingerprint density at radius 1 is 0.500 bits per heavy atom. The highest BCUT2D eigenvalue weighted by Gasteiger charge is 2.69. The maximum Gasteiger partial charge on any atom is 0.252 e. The summed E-state index contributed by atoms with van der Waals surface area (Å²) >= 11 is 0. The molecule has 4 aliphatic heterocycles. The van der Waals surface area contributed by atoms with Gasteiger partial charge in [-0.15, -0.1) is 0 Å². The molecule has 4 saturated carbocycles. The van der Waals surface area contributed by atoms with Gasteiger partial charge in [0, 0.05) is 45.0 Å². The minimum atomic E-state index is -0.0126. The van der Waals surface area contributed by atoms with E-state index in [1.165, 1.54) is 105 Å². The maximum atomic E-state index is 3.03. The van der Waals surface area contributed by atoms with Crippen molar-refractivity contribution in [1.29, 1.82) is 0 Å². The van der Waals surface area contributed by atoms with Gasteiger partial charge in [-0.2, -0.15) is 0 Å². The number of hydrogen-bond donors (Lipinski definition) is 0. The molecule has 0 radical (unpaired) electrons. The molecule has 0 bridgehead atoms. The van der Waals surface area contributed by atoms with Crippen molar-refractivity contribution < 1.29 is 0 Å². The van der Waals surface area contributed by atoms with Crippen LogP contribution in [0.25, 0.3) is 0 Å². The van der Waals surface area contributed by atoms with E-state index < -0.39 is 0 Å². The largest absolute Gasteiger partial charge is 0.335 e. The van der Waals surface area contributed by atoms with Crippen molar-refractivity contribution in [2.45, 2.75) is 127 Å². The van der Waals surface area contributed by atoms with Gasteiger partial charge in [0.2, 0.25) is 0 Å². The lowest BCUT2D eigenvalue weighted by Crippen LogP contribution is -2.69. The van der Waals surface area contributed by atoms with Crippen LogP contribution in [0.1, 0.15) is 116 Å². The van der Waals surface area contributed by atoms with Crippen LogP contribution in [0.3, 0.4) is 0 Å². The van der Waals surface area contributed by atoms with Crippen molar-refractivity contribution in [2.75, 3.05) is 14.7 Å². The molecule has 5 aromatic carbocycles. The van der Waals surface area contributed by atoms with Crippen molar-refractivity contribution >= 4 is 62.9 Å². The standard InChI is InChI=1S/C54H58BN3/c1-51-31-29-35-17-11-13-23-40(35)53(51,3)57-46-33-39(56(37-19-7-5-8-20-37)38-21-9-6-10-22-38)34-47-48(46)55(44-27-15-25-42(51)49(44)57)45-28-16-26-43-50(45)58(47)54(4)41-24-14-12-18-36(41)30-32-52(43,54)2/h5-10,15-16,19-22,25-28,33-36,40-41H,11-14,17-18,23-24,29-32H2,1-4H3. The van der Waals surface area contributed by atoms with Crippen LogP contribution < -0.4 is 31.1 Å². The fourth-order valence-corrected chi connectivity index (χ4v) is 16.2. The van der Waals surface area contributed by atoms with Crippen molar-refractivity contribution in [3.63, 3.8) is 0 Å². The van der Waals surface area contributed by atoms with Crippen molar-refractivity contribution in [3.05, 3.63) is 120 Å².